The van der Waals surface area contributed by atoms with Gasteiger partial charge in [-0.1, -0.05) is 30.4 Å². The molecule has 0 spiro atoms. The largest absolute Gasteiger partial charge is 0.453 e. The lowest BCUT2D eigenvalue weighted by Crippen LogP contribution is -2.50. The van der Waals surface area contributed by atoms with Crippen molar-refractivity contribution in [1.29, 1.82) is 0 Å². The summed E-state index contributed by atoms with van der Waals surface area (Å²) in [6.45, 7) is 0. The van der Waals surface area contributed by atoms with Crippen LogP contribution in [-0.4, -0.2) is 61.4 Å². The Balaban J connectivity index is 1.86. The van der Waals surface area contributed by atoms with Crippen molar-refractivity contribution >= 4 is 24.3 Å². The van der Waals surface area contributed by atoms with Crippen LogP contribution in [0, 0.1) is 16.5 Å². The van der Waals surface area contributed by atoms with Gasteiger partial charge in [-0.3, -0.25) is 4.90 Å². The highest BCUT2D eigenvalue weighted by atomic mass is 32.1. The Labute approximate surface area is 162 Å². The monoisotopic (exact) mass is 394 g/mol. The molecular formula is C18H22N2O6S. The average molecular weight is 394 g/mol. The first-order valence-electron chi connectivity index (χ1n) is 8.52. The molecule has 146 valence electrons. The van der Waals surface area contributed by atoms with E-state index in [-0.39, 0.29) is 12.0 Å². The lowest BCUT2D eigenvalue weighted by atomic mass is 9.94. The van der Waals surface area contributed by atoms with E-state index in [4.69, 9.17) is 31.3 Å². The summed E-state index contributed by atoms with van der Waals surface area (Å²) in [7, 11) is 4.39. The Morgan fingerprint density at radius 1 is 1.19 bits per heavy atom. The summed E-state index contributed by atoms with van der Waals surface area (Å²) < 4.78 is 17.3. The zero-order valence-corrected chi connectivity index (χ0v) is 16.1. The van der Waals surface area contributed by atoms with E-state index in [2.05, 4.69) is 0 Å². The minimum Gasteiger partial charge on any atom is -0.453 e. The van der Waals surface area contributed by atoms with Crippen LogP contribution in [0.1, 0.15) is 6.42 Å². The average Bonchev–Trinajstić information content (AvgIpc) is 2.95. The summed E-state index contributed by atoms with van der Waals surface area (Å²) >= 11 is 5.16. The summed E-state index contributed by atoms with van der Waals surface area (Å²) in [4.78, 5) is 32.2. The van der Waals surface area contributed by atoms with Crippen LogP contribution >= 0.6 is 12.2 Å². The van der Waals surface area contributed by atoms with E-state index >= 15 is 0 Å². The molecule has 4 atom stereocenters. The standard InChI is InChI=1S/C18H22N2O6S/c1-23-17(24-2)11-7-8-13-12(10-14(11)20(13)18(22)25-3)16(21)26-19-9-5-4-6-15(19)27/h4-9,11-14,17H,10H2,1-3H3/t11-,12+,13+,14+/m1/s1. The topological polar surface area (TPSA) is 79.2 Å². The van der Waals surface area contributed by atoms with Crippen molar-refractivity contribution in [2.45, 2.75) is 24.8 Å². The molecule has 8 nitrogen and oxygen atoms in total. The maximum absolute atomic E-state index is 12.8. The SMILES string of the molecule is COC(=O)N1[C@H]2C=C[C@@H](C(OC)OC)[C@@H]1C[C@@H]2C(=O)On1ccccc1=S. The van der Waals surface area contributed by atoms with E-state index < -0.39 is 30.3 Å². The molecule has 0 aliphatic carbocycles. The third-order valence-electron chi connectivity index (χ3n) is 5.00. The van der Waals surface area contributed by atoms with E-state index in [1.54, 1.807) is 29.3 Å². The van der Waals surface area contributed by atoms with Gasteiger partial charge in [0.2, 0.25) is 0 Å². The number of methoxy groups -OCH3 is 3. The number of hydrogen-bond donors (Lipinski definition) is 0. The van der Waals surface area contributed by atoms with Crippen LogP contribution in [0.15, 0.2) is 36.5 Å². The number of nitrogens with zero attached hydrogens (tertiary/aromatic N) is 2. The molecule has 1 saturated heterocycles. The first kappa shape index (κ1) is 19.5. The Bertz CT molecular complexity index is 790. The number of hydrogen-bond acceptors (Lipinski definition) is 7. The van der Waals surface area contributed by atoms with Crippen LogP contribution in [-0.2, 0) is 19.0 Å². The van der Waals surface area contributed by atoms with Crippen molar-refractivity contribution in [3.8, 4) is 0 Å². The molecule has 2 aliphatic rings. The van der Waals surface area contributed by atoms with Crippen molar-refractivity contribution in [2.75, 3.05) is 21.3 Å². The maximum atomic E-state index is 12.8. The van der Waals surface area contributed by atoms with Crippen molar-refractivity contribution in [1.82, 2.24) is 9.63 Å². The smallest absolute Gasteiger partial charge is 0.410 e. The summed E-state index contributed by atoms with van der Waals surface area (Å²) in [6.07, 6.45) is 4.66. The highest BCUT2D eigenvalue weighted by molar-refractivity contribution is 7.71. The second-order valence-electron chi connectivity index (χ2n) is 6.35. The molecule has 2 aliphatic heterocycles. The van der Waals surface area contributed by atoms with Gasteiger partial charge in [-0.15, -0.1) is 0 Å². The molecule has 3 rings (SSSR count). The molecule has 1 fully saturated rings. The number of ether oxygens (including phenoxy) is 3. The quantitative estimate of drug-likeness (QED) is 0.428. The molecule has 1 amide bonds. The first-order chi connectivity index (χ1) is 13.0. The molecule has 3 heterocycles. The van der Waals surface area contributed by atoms with E-state index in [0.717, 1.165) is 0 Å². The molecule has 0 aromatic carbocycles. The number of carbonyl (C=O) groups is 2. The van der Waals surface area contributed by atoms with Crippen molar-refractivity contribution in [2.24, 2.45) is 11.8 Å². The predicted molar refractivity (Wildman–Crippen MR) is 97.2 cm³/mol. The zero-order valence-electron chi connectivity index (χ0n) is 15.3. The van der Waals surface area contributed by atoms with E-state index in [9.17, 15) is 9.59 Å². The third-order valence-corrected chi connectivity index (χ3v) is 5.32. The second-order valence-corrected chi connectivity index (χ2v) is 6.77. The lowest BCUT2D eigenvalue weighted by molar-refractivity contribution is -0.149. The Hall–Kier alpha value is -2.23. The van der Waals surface area contributed by atoms with Crippen LogP contribution in [0.25, 0.3) is 0 Å². The number of pyridine rings is 1. The van der Waals surface area contributed by atoms with Gasteiger partial charge in [0.1, 0.15) is 4.64 Å². The molecule has 1 aromatic heterocycles. The molecule has 0 unspecified atom stereocenters. The lowest BCUT2D eigenvalue weighted by Gasteiger charge is -2.37. The molecular weight excluding hydrogens is 372 g/mol. The van der Waals surface area contributed by atoms with Crippen LogP contribution in [0.2, 0.25) is 0 Å². The fraction of sp³-hybridized carbons (Fsp3) is 0.500. The number of aromatic nitrogens is 1. The molecule has 2 bridgehead atoms. The number of amides is 1. The van der Waals surface area contributed by atoms with Gasteiger partial charge in [0, 0.05) is 32.4 Å². The second kappa shape index (κ2) is 8.20. The number of rotatable bonds is 5. The van der Waals surface area contributed by atoms with Gasteiger partial charge in [-0.2, -0.15) is 4.73 Å². The van der Waals surface area contributed by atoms with E-state index in [0.29, 0.717) is 11.1 Å². The molecule has 0 N–H and O–H groups in total. The molecule has 1 aromatic rings. The predicted octanol–water partition coefficient (Wildman–Crippen LogP) is 1.80. The molecule has 0 saturated carbocycles. The zero-order chi connectivity index (χ0) is 19.6. The first-order valence-corrected chi connectivity index (χ1v) is 8.92. The van der Waals surface area contributed by atoms with Gasteiger partial charge < -0.3 is 19.0 Å². The minimum atomic E-state index is -0.549. The summed E-state index contributed by atoms with van der Waals surface area (Å²) in [6, 6.07) is 4.37. The van der Waals surface area contributed by atoms with Gasteiger partial charge in [0.25, 0.3) is 0 Å². The van der Waals surface area contributed by atoms with Gasteiger partial charge in [0.15, 0.2) is 6.29 Å². The van der Waals surface area contributed by atoms with Gasteiger partial charge in [-0.25, -0.2) is 9.59 Å². The minimum absolute atomic E-state index is 0.230. The van der Waals surface area contributed by atoms with Gasteiger partial charge >= 0.3 is 12.1 Å². The maximum Gasteiger partial charge on any atom is 0.410 e. The van der Waals surface area contributed by atoms with E-state index in [1.165, 1.54) is 26.1 Å². The van der Waals surface area contributed by atoms with Crippen molar-refractivity contribution in [3.05, 3.63) is 41.2 Å². The summed E-state index contributed by atoms with van der Waals surface area (Å²) in [5.74, 6) is -1.24. The summed E-state index contributed by atoms with van der Waals surface area (Å²) in [5, 5.41) is 0. The van der Waals surface area contributed by atoms with Crippen LogP contribution in [0.5, 0.6) is 0 Å². The van der Waals surface area contributed by atoms with Crippen LogP contribution < -0.4 is 4.84 Å². The third kappa shape index (κ3) is 3.62. The molecule has 9 heteroatoms. The fourth-order valence-electron chi connectivity index (χ4n) is 3.80. The summed E-state index contributed by atoms with van der Waals surface area (Å²) in [5.41, 5.74) is 0. The van der Waals surface area contributed by atoms with Crippen LogP contribution in [0.4, 0.5) is 4.79 Å². The Morgan fingerprint density at radius 2 is 1.93 bits per heavy atom. The number of carbonyl (C=O) groups excluding carboxylic acids is 2. The molecule has 27 heavy (non-hydrogen) atoms. The Morgan fingerprint density at radius 3 is 2.56 bits per heavy atom. The van der Waals surface area contributed by atoms with Crippen LogP contribution in [0.3, 0.4) is 0 Å². The number of fused-ring (bicyclic) bond motifs is 2. The van der Waals surface area contributed by atoms with E-state index in [1.807, 2.05) is 12.2 Å². The van der Waals surface area contributed by atoms with Crippen molar-refractivity contribution < 1.29 is 28.6 Å². The van der Waals surface area contributed by atoms with Gasteiger partial charge in [-0.05, 0) is 18.6 Å². The van der Waals surface area contributed by atoms with Crippen molar-refractivity contribution in [3.63, 3.8) is 0 Å². The fourth-order valence-corrected chi connectivity index (χ4v) is 3.98. The normalized spacial score (nSPS) is 26.3. The van der Waals surface area contributed by atoms with Gasteiger partial charge in [0.05, 0.1) is 19.1 Å². The molecule has 0 radical (unpaired) electrons. The highest BCUT2D eigenvalue weighted by Crippen LogP contribution is 2.41. The highest BCUT2D eigenvalue weighted by Gasteiger charge is 2.53. The Kier molecular flexibility index (Phi) is 5.93.